The van der Waals surface area contributed by atoms with Crippen molar-refractivity contribution in [3.8, 4) is 0 Å². The van der Waals surface area contributed by atoms with E-state index in [4.69, 9.17) is 16.3 Å². The van der Waals surface area contributed by atoms with E-state index in [1.807, 2.05) is 77.7 Å². The Labute approximate surface area is 181 Å². The van der Waals surface area contributed by atoms with Gasteiger partial charge in [-0.05, 0) is 47.9 Å². The molecular formula is C25H22ClNO3. The first-order valence-electron chi connectivity index (χ1n) is 9.85. The van der Waals surface area contributed by atoms with Crippen LogP contribution in [0.15, 0.2) is 78.9 Å². The number of carbonyl (C=O) groups excluding carboxylic acids is 1. The lowest BCUT2D eigenvalue weighted by Gasteiger charge is -2.41. The molecule has 0 bridgehead atoms. The number of halogens is 1. The molecule has 1 heterocycles. The fourth-order valence-electron chi connectivity index (χ4n) is 3.84. The summed E-state index contributed by atoms with van der Waals surface area (Å²) in [6.45, 7) is 1.92. The second-order valence-corrected chi connectivity index (χ2v) is 7.45. The van der Waals surface area contributed by atoms with Crippen molar-refractivity contribution in [3.63, 3.8) is 0 Å². The number of rotatable bonds is 5. The second kappa shape index (κ2) is 8.74. The van der Waals surface area contributed by atoms with Gasteiger partial charge >= 0.3 is 5.97 Å². The molecule has 0 fully saturated rings. The Balaban J connectivity index is 1.95. The molecule has 152 valence electrons. The van der Waals surface area contributed by atoms with Crippen molar-refractivity contribution in [1.82, 2.24) is 0 Å². The summed E-state index contributed by atoms with van der Waals surface area (Å²) in [6.07, 6.45) is 0.692. The standard InChI is InChI=1S/C25H22ClNO3/c1-2-30-25(29)24(28)23-21-14-7-6-11-18(21)15-22(17-9-4-3-5-10-17)27(23)20-13-8-12-19(26)16-20/h3-16,23-24,28H,2H2,1H3. The van der Waals surface area contributed by atoms with Crippen molar-refractivity contribution < 1.29 is 14.6 Å². The Morgan fingerprint density at radius 1 is 1.07 bits per heavy atom. The maximum absolute atomic E-state index is 12.6. The summed E-state index contributed by atoms with van der Waals surface area (Å²) in [6, 6.07) is 24.4. The lowest BCUT2D eigenvalue weighted by atomic mass is 9.88. The molecule has 4 nitrogen and oxygen atoms in total. The van der Waals surface area contributed by atoms with Crippen LogP contribution in [0.25, 0.3) is 11.8 Å². The molecule has 1 N–H and O–H groups in total. The van der Waals surface area contributed by atoms with Gasteiger partial charge in [0.05, 0.1) is 12.6 Å². The molecule has 2 atom stereocenters. The predicted octanol–water partition coefficient (Wildman–Crippen LogP) is 5.32. The number of hydrogen-bond donors (Lipinski definition) is 1. The van der Waals surface area contributed by atoms with Gasteiger partial charge in [-0.15, -0.1) is 0 Å². The van der Waals surface area contributed by atoms with Crippen molar-refractivity contribution in [3.05, 3.63) is 101 Å². The maximum atomic E-state index is 12.6. The zero-order chi connectivity index (χ0) is 21.1. The van der Waals surface area contributed by atoms with E-state index < -0.39 is 18.1 Å². The minimum Gasteiger partial charge on any atom is -0.464 e. The number of hydrogen-bond acceptors (Lipinski definition) is 4. The molecule has 3 aromatic rings. The summed E-state index contributed by atoms with van der Waals surface area (Å²) in [5.74, 6) is -0.654. The molecule has 1 aliphatic rings. The molecule has 2 unspecified atom stereocenters. The predicted molar refractivity (Wildman–Crippen MR) is 120 cm³/mol. The molecule has 30 heavy (non-hydrogen) atoms. The van der Waals surface area contributed by atoms with Gasteiger partial charge in [0.25, 0.3) is 0 Å². The van der Waals surface area contributed by atoms with Crippen molar-refractivity contribution in [2.45, 2.75) is 19.1 Å². The van der Waals surface area contributed by atoms with Gasteiger partial charge in [-0.25, -0.2) is 4.79 Å². The van der Waals surface area contributed by atoms with Crippen LogP contribution in [0.2, 0.25) is 5.02 Å². The smallest absolute Gasteiger partial charge is 0.337 e. The number of anilines is 1. The molecule has 0 radical (unpaired) electrons. The normalized spacial score (nSPS) is 16.4. The van der Waals surface area contributed by atoms with Crippen LogP contribution in [0.5, 0.6) is 0 Å². The number of aliphatic hydroxyl groups is 1. The topological polar surface area (TPSA) is 49.8 Å². The van der Waals surface area contributed by atoms with Gasteiger partial charge < -0.3 is 14.7 Å². The number of esters is 1. The number of benzene rings is 3. The number of fused-ring (bicyclic) bond motifs is 1. The molecule has 0 amide bonds. The van der Waals surface area contributed by atoms with Crippen LogP contribution in [-0.2, 0) is 9.53 Å². The lowest BCUT2D eigenvalue weighted by Crippen LogP contribution is -2.42. The van der Waals surface area contributed by atoms with Crippen molar-refractivity contribution in [2.75, 3.05) is 11.5 Å². The number of aliphatic hydroxyl groups excluding tert-OH is 1. The average Bonchev–Trinajstić information content (AvgIpc) is 2.78. The Kier molecular flexibility index (Phi) is 5.88. The highest BCUT2D eigenvalue weighted by atomic mass is 35.5. The fourth-order valence-corrected chi connectivity index (χ4v) is 4.03. The highest BCUT2D eigenvalue weighted by molar-refractivity contribution is 6.30. The average molecular weight is 420 g/mol. The maximum Gasteiger partial charge on any atom is 0.337 e. The van der Waals surface area contributed by atoms with Gasteiger partial charge in [0.15, 0.2) is 6.10 Å². The molecule has 4 rings (SSSR count). The molecular weight excluding hydrogens is 398 g/mol. The molecule has 0 saturated heterocycles. The van der Waals surface area contributed by atoms with Crippen LogP contribution in [-0.4, -0.2) is 23.8 Å². The molecule has 0 aliphatic carbocycles. The van der Waals surface area contributed by atoms with Gasteiger partial charge in [0, 0.05) is 16.4 Å². The summed E-state index contributed by atoms with van der Waals surface area (Å²) in [4.78, 5) is 14.6. The monoisotopic (exact) mass is 419 g/mol. The Morgan fingerprint density at radius 2 is 1.80 bits per heavy atom. The van der Waals surface area contributed by atoms with Gasteiger partial charge in [-0.2, -0.15) is 0 Å². The summed E-state index contributed by atoms with van der Waals surface area (Å²) in [7, 11) is 0. The molecule has 3 aromatic carbocycles. The highest BCUT2D eigenvalue weighted by Gasteiger charge is 2.39. The first-order valence-corrected chi connectivity index (χ1v) is 10.2. The third kappa shape index (κ3) is 3.84. The van der Waals surface area contributed by atoms with E-state index >= 15 is 0 Å². The van der Waals surface area contributed by atoms with Crippen LogP contribution in [0.4, 0.5) is 5.69 Å². The van der Waals surface area contributed by atoms with Crippen LogP contribution < -0.4 is 4.90 Å². The van der Waals surface area contributed by atoms with Crippen LogP contribution in [0, 0.1) is 0 Å². The second-order valence-electron chi connectivity index (χ2n) is 7.02. The Bertz CT molecular complexity index is 1080. The van der Waals surface area contributed by atoms with Crippen molar-refractivity contribution in [2.24, 2.45) is 0 Å². The molecule has 5 heteroatoms. The zero-order valence-corrected chi connectivity index (χ0v) is 17.3. The van der Waals surface area contributed by atoms with E-state index in [0.717, 1.165) is 28.1 Å². The molecule has 0 spiro atoms. The minimum absolute atomic E-state index is 0.197. The first-order chi connectivity index (χ1) is 14.6. The van der Waals surface area contributed by atoms with Crippen LogP contribution in [0.1, 0.15) is 29.7 Å². The van der Waals surface area contributed by atoms with Gasteiger partial charge in [-0.3, -0.25) is 0 Å². The SMILES string of the molecule is CCOC(=O)C(O)C1c2ccccc2C=C(c2ccccc2)N1c1cccc(Cl)c1. The zero-order valence-electron chi connectivity index (χ0n) is 16.5. The quantitative estimate of drug-likeness (QED) is 0.568. The van der Waals surface area contributed by atoms with Crippen molar-refractivity contribution >= 4 is 35.0 Å². The van der Waals surface area contributed by atoms with Gasteiger partial charge in [-0.1, -0.05) is 72.3 Å². The Hall–Kier alpha value is -3.08. The number of nitrogens with zero attached hydrogens (tertiary/aromatic N) is 1. The largest absolute Gasteiger partial charge is 0.464 e. The van der Waals surface area contributed by atoms with Crippen LogP contribution in [0.3, 0.4) is 0 Å². The van der Waals surface area contributed by atoms with Crippen LogP contribution >= 0.6 is 11.6 Å². The Morgan fingerprint density at radius 3 is 2.53 bits per heavy atom. The summed E-state index contributed by atoms with van der Waals surface area (Å²) in [5, 5.41) is 11.7. The molecule has 1 aliphatic heterocycles. The fraction of sp³-hybridized carbons (Fsp3) is 0.160. The third-order valence-corrected chi connectivity index (χ3v) is 5.36. The van der Waals surface area contributed by atoms with E-state index in [0.29, 0.717) is 5.02 Å². The third-order valence-electron chi connectivity index (χ3n) is 5.13. The van der Waals surface area contributed by atoms with E-state index in [1.54, 1.807) is 13.0 Å². The van der Waals surface area contributed by atoms with Gasteiger partial charge in [0.1, 0.15) is 0 Å². The summed E-state index contributed by atoms with van der Waals surface area (Å²) >= 11 is 6.30. The minimum atomic E-state index is -1.38. The summed E-state index contributed by atoms with van der Waals surface area (Å²) in [5.41, 5.74) is 4.40. The summed E-state index contributed by atoms with van der Waals surface area (Å²) < 4.78 is 5.16. The van der Waals surface area contributed by atoms with Crippen molar-refractivity contribution in [1.29, 1.82) is 0 Å². The molecule has 0 aromatic heterocycles. The highest BCUT2D eigenvalue weighted by Crippen LogP contribution is 2.44. The number of ether oxygens (including phenoxy) is 1. The lowest BCUT2D eigenvalue weighted by molar-refractivity contribution is -0.154. The first kappa shape index (κ1) is 20.2. The van der Waals surface area contributed by atoms with E-state index in [1.165, 1.54) is 0 Å². The van der Waals surface area contributed by atoms with Gasteiger partial charge in [0.2, 0.25) is 0 Å². The van der Waals surface area contributed by atoms with E-state index in [-0.39, 0.29) is 6.61 Å². The number of carbonyl (C=O) groups is 1. The molecule has 0 saturated carbocycles. The van der Waals surface area contributed by atoms with E-state index in [9.17, 15) is 9.90 Å². The van der Waals surface area contributed by atoms with E-state index in [2.05, 4.69) is 6.08 Å².